The van der Waals surface area contributed by atoms with E-state index in [0.29, 0.717) is 6.04 Å². The first-order valence-corrected chi connectivity index (χ1v) is 15.9. The van der Waals surface area contributed by atoms with E-state index in [1.165, 1.54) is 99.8 Å². The van der Waals surface area contributed by atoms with Crippen LogP contribution in [-0.2, 0) is 23.7 Å². The number of nitrogens with two attached hydrogens (primary N) is 1. The highest BCUT2D eigenvalue weighted by Gasteiger charge is 2.20. The third kappa shape index (κ3) is 11.4. The number of piperidine rings is 1. The lowest BCUT2D eigenvalue weighted by Crippen LogP contribution is -2.40. The van der Waals surface area contributed by atoms with Crippen molar-refractivity contribution < 1.29 is 0 Å². The third-order valence-corrected chi connectivity index (χ3v) is 8.76. The van der Waals surface area contributed by atoms with Gasteiger partial charge in [0.05, 0.1) is 0 Å². The predicted molar refractivity (Wildman–Crippen MR) is 171 cm³/mol. The van der Waals surface area contributed by atoms with Crippen molar-refractivity contribution in [1.82, 2.24) is 10.2 Å². The molecule has 2 aromatic rings. The molecule has 0 radical (unpaired) electrons. The Kier molecular flexibility index (Phi) is 12.5. The van der Waals surface area contributed by atoms with Crippen molar-refractivity contribution >= 4 is 0 Å². The number of nitrogens with zero attached hydrogens (tertiary/aromatic N) is 1. The Hall–Kier alpha value is -1.68. The fourth-order valence-corrected chi connectivity index (χ4v) is 5.86. The van der Waals surface area contributed by atoms with Crippen LogP contribution in [0.25, 0.3) is 0 Å². The van der Waals surface area contributed by atoms with Gasteiger partial charge in [0, 0.05) is 6.04 Å². The summed E-state index contributed by atoms with van der Waals surface area (Å²) in [5.74, 6) is 0.816. The molecule has 0 bridgehead atoms. The molecule has 0 aromatic heterocycles. The number of hydrogen-bond donors (Lipinski definition) is 2. The van der Waals surface area contributed by atoms with Gasteiger partial charge < -0.3 is 16.0 Å². The molecule has 39 heavy (non-hydrogen) atoms. The average molecular weight is 534 g/mol. The van der Waals surface area contributed by atoms with Gasteiger partial charge in [0.15, 0.2) is 0 Å². The lowest BCUT2D eigenvalue weighted by Gasteiger charge is -2.33. The molecule has 0 amide bonds. The second-order valence-electron chi connectivity index (χ2n) is 14.2. The van der Waals surface area contributed by atoms with Gasteiger partial charge >= 0.3 is 0 Å². The quantitative estimate of drug-likeness (QED) is 0.262. The summed E-state index contributed by atoms with van der Waals surface area (Å²) in [5, 5.41) is 4.04. The molecule has 0 saturated carbocycles. The van der Waals surface area contributed by atoms with Gasteiger partial charge in [-0.25, -0.2) is 0 Å². The first kappa shape index (κ1) is 31.8. The fraction of sp³-hybridized carbons (Fsp3) is 0.667. The summed E-state index contributed by atoms with van der Waals surface area (Å²) in [4.78, 5) is 2.61. The van der Waals surface area contributed by atoms with Crippen LogP contribution in [0.5, 0.6) is 0 Å². The second-order valence-corrected chi connectivity index (χ2v) is 14.2. The highest BCUT2D eigenvalue weighted by atomic mass is 15.1. The number of hydrogen-bond acceptors (Lipinski definition) is 3. The van der Waals surface area contributed by atoms with Crippen LogP contribution in [-0.4, -0.2) is 43.7 Å². The van der Waals surface area contributed by atoms with Crippen molar-refractivity contribution in [3.63, 3.8) is 0 Å². The van der Waals surface area contributed by atoms with Gasteiger partial charge in [0.2, 0.25) is 0 Å². The van der Waals surface area contributed by atoms with E-state index in [1.54, 1.807) is 0 Å². The van der Waals surface area contributed by atoms with Crippen molar-refractivity contribution in [3.05, 3.63) is 70.8 Å². The standard InChI is InChI=1S/C36H59N3/c1-35(2,3)32-18-14-29(15-19-32)10-7-12-34(38-28-31-22-26-39(27-23-31)25-9-24-37)13-8-11-30-16-20-33(21-17-30)36(4,5)6/h14-21,31,34,38H,7-13,22-28,37H2,1-6H3. The molecular formula is C36H59N3. The topological polar surface area (TPSA) is 41.3 Å². The van der Waals surface area contributed by atoms with Gasteiger partial charge in [0.1, 0.15) is 0 Å². The molecule has 0 atom stereocenters. The molecule has 3 nitrogen and oxygen atoms in total. The lowest BCUT2D eigenvalue weighted by molar-refractivity contribution is 0.178. The largest absolute Gasteiger partial charge is 0.330 e. The van der Waals surface area contributed by atoms with Crippen molar-refractivity contribution in [2.75, 3.05) is 32.7 Å². The van der Waals surface area contributed by atoms with Crippen LogP contribution in [0.2, 0.25) is 0 Å². The number of benzene rings is 2. The predicted octanol–water partition coefficient (Wildman–Crippen LogP) is 7.65. The molecule has 0 spiro atoms. The maximum absolute atomic E-state index is 5.72. The van der Waals surface area contributed by atoms with E-state index in [0.717, 1.165) is 18.9 Å². The minimum atomic E-state index is 0.223. The molecular weight excluding hydrogens is 474 g/mol. The van der Waals surface area contributed by atoms with Crippen LogP contribution in [0.15, 0.2) is 48.5 Å². The first-order valence-electron chi connectivity index (χ1n) is 15.9. The summed E-state index contributed by atoms with van der Waals surface area (Å²) in [6.45, 7) is 19.4. The first-order chi connectivity index (χ1) is 18.5. The van der Waals surface area contributed by atoms with E-state index in [2.05, 4.69) is 100 Å². The van der Waals surface area contributed by atoms with E-state index in [4.69, 9.17) is 5.73 Å². The van der Waals surface area contributed by atoms with Gasteiger partial charge in [-0.3, -0.25) is 0 Å². The van der Waals surface area contributed by atoms with Crippen LogP contribution in [0, 0.1) is 5.92 Å². The van der Waals surface area contributed by atoms with E-state index in [-0.39, 0.29) is 10.8 Å². The Balaban J connectivity index is 1.49. The van der Waals surface area contributed by atoms with Gasteiger partial charge in [0.25, 0.3) is 0 Å². The van der Waals surface area contributed by atoms with Crippen LogP contribution >= 0.6 is 0 Å². The third-order valence-electron chi connectivity index (χ3n) is 8.76. The molecule has 0 aliphatic carbocycles. The zero-order chi connectivity index (χ0) is 28.3. The van der Waals surface area contributed by atoms with Crippen molar-refractivity contribution in [3.8, 4) is 0 Å². The molecule has 1 aliphatic heterocycles. The normalized spacial score (nSPS) is 15.8. The highest BCUT2D eigenvalue weighted by Crippen LogP contribution is 2.24. The molecule has 3 rings (SSSR count). The highest BCUT2D eigenvalue weighted by molar-refractivity contribution is 5.28. The Bertz CT molecular complexity index is 862. The summed E-state index contributed by atoms with van der Waals surface area (Å²) < 4.78 is 0. The second kappa shape index (κ2) is 15.4. The number of likely N-dealkylation sites (tertiary alicyclic amines) is 1. The summed E-state index contributed by atoms with van der Waals surface area (Å²) in [7, 11) is 0. The average Bonchev–Trinajstić information content (AvgIpc) is 2.90. The zero-order valence-electron chi connectivity index (χ0n) is 26.2. The molecule has 1 fully saturated rings. The Morgan fingerprint density at radius 3 is 1.62 bits per heavy atom. The summed E-state index contributed by atoms with van der Waals surface area (Å²) in [6, 6.07) is 19.3. The maximum Gasteiger partial charge on any atom is 0.00674 e. The lowest BCUT2D eigenvalue weighted by atomic mass is 9.86. The van der Waals surface area contributed by atoms with Gasteiger partial charge in [-0.2, -0.15) is 0 Å². The smallest absolute Gasteiger partial charge is 0.00674 e. The Labute approximate surface area is 241 Å². The van der Waals surface area contributed by atoms with Crippen LogP contribution in [0.3, 0.4) is 0 Å². The maximum atomic E-state index is 5.72. The molecule has 3 heteroatoms. The molecule has 0 unspecified atom stereocenters. The van der Waals surface area contributed by atoms with E-state index < -0.39 is 0 Å². The molecule has 1 saturated heterocycles. The van der Waals surface area contributed by atoms with Crippen molar-refractivity contribution in [2.24, 2.45) is 11.7 Å². The number of nitrogens with one attached hydrogen (secondary N) is 1. The van der Waals surface area contributed by atoms with E-state index in [1.807, 2.05) is 0 Å². The summed E-state index contributed by atoms with van der Waals surface area (Å²) in [5.41, 5.74) is 12.0. The summed E-state index contributed by atoms with van der Waals surface area (Å²) >= 11 is 0. The fourth-order valence-electron chi connectivity index (χ4n) is 5.86. The van der Waals surface area contributed by atoms with Crippen molar-refractivity contribution in [2.45, 2.75) is 116 Å². The number of rotatable bonds is 14. The van der Waals surface area contributed by atoms with Crippen LogP contribution in [0.1, 0.15) is 109 Å². The zero-order valence-corrected chi connectivity index (χ0v) is 26.2. The minimum absolute atomic E-state index is 0.223. The molecule has 3 N–H and O–H groups in total. The Morgan fingerprint density at radius 1 is 0.744 bits per heavy atom. The minimum Gasteiger partial charge on any atom is -0.330 e. The van der Waals surface area contributed by atoms with Crippen LogP contribution < -0.4 is 11.1 Å². The molecule has 1 heterocycles. The van der Waals surface area contributed by atoms with Crippen molar-refractivity contribution in [1.29, 1.82) is 0 Å². The van der Waals surface area contributed by atoms with Gasteiger partial charge in [-0.05, 0) is 130 Å². The summed E-state index contributed by atoms with van der Waals surface area (Å²) in [6.07, 6.45) is 11.2. The van der Waals surface area contributed by atoms with Crippen LogP contribution in [0.4, 0.5) is 0 Å². The Morgan fingerprint density at radius 2 is 1.21 bits per heavy atom. The van der Waals surface area contributed by atoms with Gasteiger partial charge in [-0.15, -0.1) is 0 Å². The van der Waals surface area contributed by atoms with E-state index >= 15 is 0 Å². The number of aryl methyl sites for hydroxylation is 2. The molecule has 2 aromatic carbocycles. The monoisotopic (exact) mass is 533 g/mol. The van der Waals surface area contributed by atoms with Gasteiger partial charge in [-0.1, -0.05) is 90.1 Å². The SMILES string of the molecule is CC(C)(C)c1ccc(CCCC(CCCc2ccc(C(C)(C)C)cc2)NCC2CCN(CCCN)CC2)cc1. The van der Waals surface area contributed by atoms with E-state index in [9.17, 15) is 0 Å². The molecule has 218 valence electrons. The molecule has 1 aliphatic rings.